The van der Waals surface area contributed by atoms with Gasteiger partial charge in [-0.2, -0.15) is 0 Å². The van der Waals surface area contributed by atoms with E-state index in [0.717, 1.165) is 19.5 Å². The lowest BCUT2D eigenvalue weighted by Gasteiger charge is -2.29. The largest absolute Gasteiger partial charge is 0.311 e. The molecule has 0 radical (unpaired) electrons. The van der Waals surface area contributed by atoms with Gasteiger partial charge in [0, 0.05) is 24.7 Å². The van der Waals surface area contributed by atoms with Crippen molar-refractivity contribution in [2.75, 3.05) is 20.1 Å². The second-order valence-corrected chi connectivity index (χ2v) is 6.20. The van der Waals surface area contributed by atoms with Gasteiger partial charge < -0.3 is 10.2 Å². The standard InChI is InChI=1S/C16H28N2/c1-14(13-17-16(2,3)4)18(5)12-11-15-9-7-6-8-10-15/h6-10,14,17H,11-13H2,1-5H3. The van der Waals surface area contributed by atoms with Crippen LogP contribution in [-0.4, -0.2) is 36.6 Å². The van der Waals surface area contributed by atoms with Crippen LogP contribution in [0.15, 0.2) is 30.3 Å². The highest BCUT2D eigenvalue weighted by Crippen LogP contribution is 2.04. The van der Waals surface area contributed by atoms with Gasteiger partial charge in [-0.1, -0.05) is 30.3 Å². The van der Waals surface area contributed by atoms with Crippen molar-refractivity contribution in [3.63, 3.8) is 0 Å². The van der Waals surface area contributed by atoms with E-state index in [9.17, 15) is 0 Å². The average Bonchev–Trinajstić information content (AvgIpc) is 2.33. The van der Waals surface area contributed by atoms with Crippen LogP contribution < -0.4 is 5.32 Å². The van der Waals surface area contributed by atoms with Crippen molar-refractivity contribution in [3.05, 3.63) is 35.9 Å². The first kappa shape index (κ1) is 15.2. The third kappa shape index (κ3) is 6.18. The van der Waals surface area contributed by atoms with Crippen LogP contribution in [0.2, 0.25) is 0 Å². The number of nitrogens with zero attached hydrogens (tertiary/aromatic N) is 1. The molecule has 0 aliphatic carbocycles. The van der Waals surface area contributed by atoms with Crippen molar-refractivity contribution in [1.29, 1.82) is 0 Å². The van der Waals surface area contributed by atoms with E-state index in [1.54, 1.807) is 0 Å². The molecule has 2 heteroatoms. The van der Waals surface area contributed by atoms with Gasteiger partial charge in [-0.05, 0) is 46.7 Å². The summed E-state index contributed by atoms with van der Waals surface area (Å²) in [7, 11) is 2.21. The first-order valence-corrected chi connectivity index (χ1v) is 6.88. The number of likely N-dealkylation sites (N-methyl/N-ethyl adjacent to an activating group) is 1. The summed E-state index contributed by atoms with van der Waals surface area (Å²) >= 11 is 0. The van der Waals surface area contributed by atoms with E-state index in [1.807, 2.05) is 0 Å². The lowest BCUT2D eigenvalue weighted by atomic mass is 10.1. The maximum atomic E-state index is 3.56. The van der Waals surface area contributed by atoms with Gasteiger partial charge in [0.25, 0.3) is 0 Å². The highest BCUT2D eigenvalue weighted by atomic mass is 15.1. The summed E-state index contributed by atoms with van der Waals surface area (Å²) in [6.45, 7) is 11.1. The average molecular weight is 248 g/mol. The quantitative estimate of drug-likeness (QED) is 0.832. The zero-order valence-electron chi connectivity index (χ0n) is 12.5. The maximum Gasteiger partial charge on any atom is 0.0189 e. The third-order valence-corrected chi connectivity index (χ3v) is 3.28. The summed E-state index contributed by atoms with van der Waals surface area (Å²) in [5, 5.41) is 3.56. The number of rotatable bonds is 6. The Bertz CT molecular complexity index is 327. The molecule has 18 heavy (non-hydrogen) atoms. The zero-order chi connectivity index (χ0) is 13.6. The molecule has 0 aromatic heterocycles. The summed E-state index contributed by atoms with van der Waals surface area (Å²) in [4.78, 5) is 2.42. The van der Waals surface area contributed by atoms with E-state index in [4.69, 9.17) is 0 Å². The van der Waals surface area contributed by atoms with E-state index in [2.05, 4.69) is 75.3 Å². The molecule has 1 aromatic carbocycles. The lowest BCUT2D eigenvalue weighted by molar-refractivity contribution is 0.238. The van der Waals surface area contributed by atoms with Gasteiger partial charge in [0.2, 0.25) is 0 Å². The molecule has 0 heterocycles. The van der Waals surface area contributed by atoms with Crippen molar-refractivity contribution < 1.29 is 0 Å². The van der Waals surface area contributed by atoms with Crippen LogP contribution in [0.3, 0.4) is 0 Å². The van der Waals surface area contributed by atoms with Crippen LogP contribution in [0.1, 0.15) is 33.3 Å². The van der Waals surface area contributed by atoms with Crippen LogP contribution in [0.5, 0.6) is 0 Å². The first-order chi connectivity index (χ1) is 8.38. The predicted octanol–water partition coefficient (Wildman–Crippen LogP) is 2.94. The maximum absolute atomic E-state index is 3.56. The number of nitrogens with one attached hydrogen (secondary N) is 1. The van der Waals surface area contributed by atoms with Gasteiger partial charge in [-0.25, -0.2) is 0 Å². The van der Waals surface area contributed by atoms with Crippen molar-refractivity contribution in [2.45, 2.75) is 45.7 Å². The van der Waals surface area contributed by atoms with Crippen LogP contribution in [0, 0.1) is 0 Å². The minimum Gasteiger partial charge on any atom is -0.311 e. The fourth-order valence-corrected chi connectivity index (χ4v) is 1.78. The molecule has 0 bridgehead atoms. The van der Waals surface area contributed by atoms with Gasteiger partial charge in [0.05, 0.1) is 0 Å². The number of hydrogen-bond donors (Lipinski definition) is 1. The molecule has 2 nitrogen and oxygen atoms in total. The van der Waals surface area contributed by atoms with Crippen LogP contribution >= 0.6 is 0 Å². The van der Waals surface area contributed by atoms with Crippen molar-refractivity contribution in [3.8, 4) is 0 Å². The summed E-state index contributed by atoms with van der Waals surface area (Å²) in [6, 6.07) is 11.3. The minimum absolute atomic E-state index is 0.203. The molecule has 0 saturated carbocycles. The van der Waals surface area contributed by atoms with Crippen molar-refractivity contribution >= 4 is 0 Å². The van der Waals surface area contributed by atoms with E-state index in [-0.39, 0.29) is 5.54 Å². The van der Waals surface area contributed by atoms with E-state index in [1.165, 1.54) is 5.56 Å². The molecule has 0 saturated heterocycles. The summed E-state index contributed by atoms with van der Waals surface area (Å²) in [5.41, 5.74) is 1.62. The Morgan fingerprint density at radius 3 is 2.33 bits per heavy atom. The molecule has 0 spiro atoms. The molecule has 1 unspecified atom stereocenters. The predicted molar refractivity (Wildman–Crippen MR) is 80.0 cm³/mol. The molecule has 1 atom stereocenters. The van der Waals surface area contributed by atoms with Gasteiger partial charge in [-0.3, -0.25) is 0 Å². The molecular formula is C16H28N2. The van der Waals surface area contributed by atoms with Crippen molar-refractivity contribution in [2.24, 2.45) is 0 Å². The summed E-state index contributed by atoms with van der Waals surface area (Å²) in [5.74, 6) is 0. The second kappa shape index (κ2) is 6.91. The highest BCUT2D eigenvalue weighted by Gasteiger charge is 2.13. The molecule has 0 aliphatic heterocycles. The highest BCUT2D eigenvalue weighted by molar-refractivity contribution is 5.14. The minimum atomic E-state index is 0.203. The molecule has 0 fully saturated rings. The Hall–Kier alpha value is -0.860. The molecular weight excluding hydrogens is 220 g/mol. The van der Waals surface area contributed by atoms with E-state index < -0.39 is 0 Å². The van der Waals surface area contributed by atoms with Crippen LogP contribution in [0.25, 0.3) is 0 Å². The Labute approximate surface area is 112 Å². The van der Waals surface area contributed by atoms with Gasteiger partial charge >= 0.3 is 0 Å². The van der Waals surface area contributed by atoms with E-state index in [0.29, 0.717) is 6.04 Å². The second-order valence-electron chi connectivity index (χ2n) is 6.20. The Morgan fingerprint density at radius 1 is 1.17 bits per heavy atom. The third-order valence-electron chi connectivity index (χ3n) is 3.28. The van der Waals surface area contributed by atoms with Crippen LogP contribution in [-0.2, 0) is 6.42 Å². The molecule has 102 valence electrons. The number of benzene rings is 1. The molecule has 1 aromatic rings. The van der Waals surface area contributed by atoms with Gasteiger partial charge in [0.1, 0.15) is 0 Å². The Morgan fingerprint density at radius 2 is 1.78 bits per heavy atom. The molecule has 1 N–H and O–H groups in total. The SMILES string of the molecule is CC(CNC(C)(C)C)N(C)CCc1ccccc1. The zero-order valence-corrected chi connectivity index (χ0v) is 12.5. The van der Waals surface area contributed by atoms with Gasteiger partial charge in [0.15, 0.2) is 0 Å². The summed E-state index contributed by atoms with van der Waals surface area (Å²) in [6.07, 6.45) is 1.12. The topological polar surface area (TPSA) is 15.3 Å². The molecule has 0 amide bonds. The van der Waals surface area contributed by atoms with Gasteiger partial charge in [-0.15, -0.1) is 0 Å². The van der Waals surface area contributed by atoms with E-state index >= 15 is 0 Å². The fourth-order valence-electron chi connectivity index (χ4n) is 1.78. The van der Waals surface area contributed by atoms with Crippen molar-refractivity contribution in [1.82, 2.24) is 10.2 Å². The normalized spacial score (nSPS) is 13.9. The molecule has 1 rings (SSSR count). The molecule has 0 aliphatic rings. The lowest BCUT2D eigenvalue weighted by Crippen LogP contribution is -2.45. The monoisotopic (exact) mass is 248 g/mol. The Balaban J connectivity index is 2.30. The smallest absolute Gasteiger partial charge is 0.0189 e. The van der Waals surface area contributed by atoms with Crippen LogP contribution in [0.4, 0.5) is 0 Å². The first-order valence-electron chi connectivity index (χ1n) is 6.88. The summed E-state index contributed by atoms with van der Waals surface area (Å²) < 4.78 is 0. The fraction of sp³-hybridized carbons (Fsp3) is 0.625. The Kier molecular flexibility index (Phi) is 5.83. The number of hydrogen-bond acceptors (Lipinski definition) is 2.